The maximum atomic E-state index is 12.5. The van der Waals surface area contributed by atoms with E-state index in [2.05, 4.69) is 20.7 Å². The number of amides is 3. The van der Waals surface area contributed by atoms with Crippen molar-refractivity contribution in [2.45, 2.75) is 50.6 Å². The summed E-state index contributed by atoms with van der Waals surface area (Å²) in [7, 11) is 0. The molecule has 4 aromatic carbocycles. The second-order valence-electron chi connectivity index (χ2n) is 11.1. The number of benzene rings is 4. The number of carbonyl (C=O) groups excluding carboxylic acids is 2. The third-order valence-electron chi connectivity index (χ3n) is 7.44. The van der Waals surface area contributed by atoms with Crippen LogP contribution in [0.1, 0.15) is 41.6 Å². The van der Waals surface area contributed by atoms with Crippen LogP contribution in [0.3, 0.4) is 0 Å². The largest absolute Gasteiger partial charge is 0.573 e. The number of nitrogens with one attached hydrogen (secondary N) is 3. The highest BCUT2D eigenvalue weighted by Gasteiger charge is 2.31. The van der Waals surface area contributed by atoms with Crippen LogP contribution in [0.4, 0.5) is 29.3 Å². The van der Waals surface area contributed by atoms with Gasteiger partial charge in [-0.1, -0.05) is 24.3 Å². The van der Waals surface area contributed by atoms with Gasteiger partial charge in [0.15, 0.2) is 0 Å². The first-order valence-electron chi connectivity index (χ1n) is 15.1. The number of carboxylic acid groups (broad SMARTS) is 1. The van der Waals surface area contributed by atoms with E-state index in [1.165, 1.54) is 18.2 Å². The van der Waals surface area contributed by atoms with Crippen LogP contribution in [0.5, 0.6) is 23.0 Å². The van der Waals surface area contributed by atoms with Crippen molar-refractivity contribution in [2.24, 2.45) is 0 Å². The van der Waals surface area contributed by atoms with Crippen LogP contribution < -0.4 is 30.2 Å². The van der Waals surface area contributed by atoms with Crippen LogP contribution >= 0.6 is 0 Å². The standard InChI is InChI=1S/C35H32F3N3O7/c36-35(37,38)48-29-15-9-24(10-16-29)40-34(45)39-23-7-13-26(14-8-23)47-28-19-17-27(18-20-28)46-25-11-5-22(6-12-25)21-32(42)41-31-4-2-1-3-30(31)33(43)44/h1-6,9-12,15-20,23,26H,7-8,13-14,21H2,(H,41,42)(H,43,44)(H2,39,40,45). The van der Waals surface area contributed by atoms with Crippen LogP contribution in [0.15, 0.2) is 97.1 Å². The first kappa shape index (κ1) is 33.6. The number of anilines is 2. The summed E-state index contributed by atoms with van der Waals surface area (Å²) >= 11 is 0. The number of aromatic carboxylic acids is 1. The maximum absolute atomic E-state index is 12.5. The van der Waals surface area contributed by atoms with Crippen molar-refractivity contribution in [3.05, 3.63) is 108 Å². The molecule has 0 spiro atoms. The minimum Gasteiger partial charge on any atom is -0.490 e. The highest BCUT2D eigenvalue weighted by atomic mass is 19.4. The number of alkyl halides is 3. The molecule has 250 valence electrons. The number of para-hydroxylation sites is 1. The van der Waals surface area contributed by atoms with E-state index in [-0.39, 0.29) is 41.5 Å². The molecule has 0 aromatic heterocycles. The predicted octanol–water partition coefficient (Wildman–Crippen LogP) is 7.77. The molecule has 0 bridgehead atoms. The first-order valence-corrected chi connectivity index (χ1v) is 15.1. The van der Waals surface area contributed by atoms with Crippen molar-refractivity contribution >= 4 is 29.3 Å². The summed E-state index contributed by atoms with van der Waals surface area (Å²) in [4.78, 5) is 36.2. The van der Waals surface area contributed by atoms with Crippen LogP contribution in [0.25, 0.3) is 0 Å². The SMILES string of the molecule is O=C(Cc1ccc(Oc2ccc(OC3CCC(NC(=O)Nc4ccc(OC(F)(F)F)cc4)CC3)cc2)cc1)Nc1ccccc1C(=O)O. The highest BCUT2D eigenvalue weighted by molar-refractivity contribution is 6.01. The Morgan fingerprint density at radius 2 is 1.31 bits per heavy atom. The normalized spacial score (nSPS) is 15.9. The summed E-state index contributed by atoms with van der Waals surface area (Å²) in [6, 6.07) is 24.8. The first-order chi connectivity index (χ1) is 23.0. The van der Waals surface area contributed by atoms with Gasteiger partial charge in [0.1, 0.15) is 23.0 Å². The molecule has 4 N–H and O–H groups in total. The smallest absolute Gasteiger partial charge is 0.490 e. The van der Waals surface area contributed by atoms with Gasteiger partial charge in [0.25, 0.3) is 0 Å². The predicted molar refractivity (Wildman–Crippen MR) is 171 cm³/mol. The molecule has 1 fully saturated rings. The summed E-state index contributed by atoms with van der Waals surface area (Å²) in [6.07, 6.45) is -1.90. The van der Waals surface area contributed by atoms with Crippen molar-refractivity contribution in [3.8, 4) is 23.0 Å². The lowest BCUT2D eigenvalue weighted by Gasteiger charge is -2.29. The van der Waals surface area contributed by atoms with Crippen molar-refractivity contribution in [2.75, 3.05) is 10.6 Å². The molecule has 3 amide bonds. The average Bonchev–Trinajstić information content (AvgIpc) is 3.04. The molecule has 0 saturated heterocycles. The van der Waals surface area contributed by atoms with Gasteiger partial charge in [-0.25, -0.2) is 9.59 Å². The van der Waals surface area contributed by atoms with E-state index >= 15 is 0 Å². The third kappa shape index (κ3) is 10.1. The monoisotopic (exact) mass is 663 g/mol. The molecule has 1 aliphatic carbocycles. The van der Waals surface area contributed by atoms with Gasteiger partial charge >= 0.3 is 18.4 Å². The second-order valence-corrected chi connectivity index (χ2v) is 11.1. The fraction of sp³-hybridized carbons (Fsp3) is 0.229. The van der Waals surface area contributed by atoms with E-state index in [4.69, 9.17) is 9.47 Å². The molecular formula is C35H32F3N3O7. The van der Waals surface area contributed by atoms with Gasteiger partial charge in [-0.05, 0) is 104 Å². The molecule has 5 rings (SSSR count). The highest BCUT2D eigenvalue weighted by Crippen LogP contribution is 2.28. The second kappa shape index (κ2) is 15.2. The Morgan fingerprint density at radius 3 is 1.94 bits per heavy atom. The quantitative estimate of drug-likeness (QED) is 0.129. The minimum atomic E-state index is -4.78. The van der Waals surface area contributed by atoms with Crippen molar-refractivity contribution in [1.29, 1.82) is 0 Å². The number of hydrogen-bond donors (Lipinski definition) is 4. The van der Waals surface area contributed by atoms with Crippen molar-refractivity contribution in [3.63, 3.8) is 0 Å². The Kier molecular flexibility index (Phi) is 10.7. The Hall–Kier alpha value is -5.72. The van der Waals surface area contributed by atoms with E-state index in [0.29, 0.717) is 35.8 Å². The van der Waals surface area contributed by atoms with Gasteiger partial charge in [-0.15, -0.1) is 13.2 Å². The summed E-state index contributed by atoms with van der Waals surface area (Å²) in [5.74, 6) is 0.0226. The van der Waals surface area contributed by atoms with E-state index in [9.17, 15) is 32.7 Å². The zero-order valence-electron chi connectivity index (χ0n) is 25.5. The summed E-state index contributed by atoms with van der Waals surface area (Å²) in [5, 5.41) is 17.4. The summed E-state index contributed by atoms with van der Waals surface area (Å²) in [6.45, 7) is 0. The Bertz CT molecular complexity index is 1710. The molecule has 1 aliphatic rings. The fourth-order valence-corrected chi connectivity index (χ4v) is 5.17. The summed E-state index contributed by atoms with van der Waals surface area (Å²) < 4.78 is 52.8. The van der Waals surface area contributed by atoms with Gasteiger partial charge in [-0.2, -0.15) is 0 Å². The molecule has 0 aliphatic heterocycles. The maximum Gasteiger partial charge on any atom is 0.573 e. The van der Waals surface area contributed by atoms with E-state index in [1.54, 1.807) is 54.6 Å². The van der Waals surface area contributed by atoms with Gasteiger partial charge < -0.3 is 35.3 Å². The van der Waals surface area contributed by atoms with Gasteiger partial charge in [0, 0.05) is 11.7 Å². The molecule has 4 aromatic rings. The molecule has 0 heterocycles. The number of rotatable bonds is 11. The number of hydrogen-bond acceptors (Lipinski definition) is 6. The number of carbonyl (C=O) groups is 3. The fourth-order valence-electron chi connectivity index (χ4n) is 5.17. The zero-order valence-corrected chi connectivity index (χ0v) is 25.5. The molecule has 13 heteroatoms. The topological polar surface area (TPSA) is 135 Å². The molecule has 0 atom stereocenters. The van der Waals surface area contributed by atoms with Gasteiger partial charge in [-0.3, -0.25) is 4.79 Å². The van der Waals surface area contributed by atoms with E-state index < -0.39 is 18.4 Å². The van der Waals surface area contributed by atoms with Crippen LogP contribution in [0.2, 0.25) is 0 Å². The van der Waals surface area contributed by atoms with Gasteiger partial charge in [0.2, 0.25) is 5.91 Å². The molecule has 1 saturated carbocycles. The van der Waals surface area contributed by atoms with Gasteiger partial charge in [0.05, 0.1) is 23.8 Å². The number of urea groups is 1. The lowest BCUT2D eigenvalue weighted by Crippen LogP contribution is -2.41. The van der Waals surface area contributed by atoms with Crippen LogP contribution in [0, 0.1) is 0 Å². The Morgan fingerprint density at radius 1 is 0.729 bits per heavy atom. The number of halogens is 3. The molecule has 0 unspecified atom stereocenters. The molecule has 48 heavy (non-hydrogen) atoms. The summed E-state index contributed by atoms with van der Waals surface area (Å²) in [5.41, 5.74) is 1.33. The minimum absolute atomic E-state index is 0.0188. The molecule has 10 nitrogen and oxygen atoms in total. The average molecular weight is 664 g/mol. The van der Waals surface area contributed by atoms with Crippen molar-refractivity contribution < 1.29 is 46.9 Å². The Labute approximate surface area is 273 Å². The van der Waals surface area contributed by atoms with E-state index in [0.717, 1.165) is 30.5 Å². The molecular weight excluding hydrogens is 631 g/mol. The van der Waals surface area contributed by atoms with Crippen molar-refractivity contribution in [1.82, 2.24) is 5.32 Å². The molecule has 0 radical (unpaired) electrons. The van der Waals surface area contributed by atoms with Crippen LogP contribution in [-0.4, -0.2) is 41.5 Å². The third-order valence-corrected chi connectivity index (χ3v) is 7.44. The Balaban J connectivity index is 1.02. The van der Waals surface area contributed by atoms with Crippen LogP contribution in [-0.2, 0) is 11.2 Å². The lowest BCUT2D eigenvalue weighted by molar-refractivity contribution is -0.274. The number of ether oxygens (including phenoxy) is 3. The number of carboxylic acids is 1. The zero-order chi connectivity index (χ0) is 34.1. The van der Waals surface area contributed by atoms with E-state index in [1.807, 2.05) is 12.1 Å². The lowest BCUT2D eigenvalue weighted by atomic mass is 9.93.